The van der Waals surface area contributed by atoms with Crippen LogP contribution in [0.3, 0.4) is 0 Å². The quantitative estimate of drug-likeness (QED) is 0.244. The molecule has 0 spiro atoms. The number of carbonyl (C=O) groups excluding carboxylic acids is 1. The third-order valence-electron chi connectivity index (χ3n) is 4.87. The lowest BCUT2D eigenvalue weighted by molar-refractivity contribution is -0.141. The highest BCUT2D eigenvalue weighted by Gasteiger charge is 2.17. The van der Waals surface area contributed by atoms with E-state index in [4.69, 9.17) is 4.74 Å². The van der Waals surface area contributed by atoms with Gasteiger partial charge in [-0.15, -0.1) is 0 Å². The number of esters is 1. The van der Waals surface area contributed by atoms with Crippen LogP contribution in [0.15, 0.2) is 96.0 Å². The van der Waals surface area contributed by atoms with Gasteiger partial charge < -0.3 is 4.74 Å². The van der Waals surface area contributed by atoms with E-state index in [1.807, 2.05) is 60.7 Å². The monoisotopic (exact) mass is 454 g/mol. The zero-order valence-corrected chi connectivity index (χ0v) is 18.4. The van der Waals surface area contributed by atoms with Gasteiger partial charge in [0.1, 0.15) is 23.5 Å². The van der Waals surface area contributed by atoms with E-state index < -0.39 is 11.8 Å². The van der Waals surface area contributed by atoms with Gasteiger partial charge in [0.2, 0.25) is 0 Å². The summed E-state index contributed by atoms with van der Waals surface area (Å²) in [4.78, 5) is 17.0. The van der Waals surface area contributed by atoms with Crippen molar-refractivity contribution in [1.82, 2.24) is 4.98 Å². The van der Waals surface area contributed by atoms with E-state index in [9.17, 15) is 14.4 Å². The molecule has 0 saturated heterocycles. The first-order valence-electron chi connectivity index (χ1n) is 10.2. The van der Waals surface area contributed by atoms with Crippen LogP contribution in [0.25, 0.3) is 22.4 Å². The van der Waals surface area contributed by atoms with Gasteiger partial charge in [0.05, 0.1) is 17.0 Å². The lowest BCUT2D eigenvalue weighted by Gasteiger charge is -2.13. The van der Waals surface area contributed by atoms with Crippen LogP contribution < -0.4 is 0 Å². The topological polar surface area (TPSA) is 63.0 Å². The molecule has 3 aromatic carbocycles. The predicted octanol–water partition coefficient (Wildman–Crippen LogP) is 6.26. The minimum Gasteiger partial charge on any atom is -0.460 e. The molecule has 162 valence electrons. The van der Waals surface area contributed by atoms with Gasteiger partial charge in [0.25, 0.3) is 0 Å². The van der Waals surface area contributed by atoms with Gasteiger partial charge in [-0.25, -0.2) is 9.37 Å². The Labute approximate surface area is 195 Å². The van der Waals surface area contributed by atoms with Crippen LogP contribution in [0.1, 0.15) is 11.1 Å². The number of rotatable bonds is 7. The molecule has 0 aliphatic heterocycles. The van der Waals surface area contributed by atoms with Gasteiger partial charge in [0, 0.05) is 11.1 Å². The molecule has 0 atom stereocenters. The van der Waals surface area contributed by atoms with Gasteiger partial charge in [-0.2, -0.15) is 5.26 Å². The Kier molecular flexibility index (Phi) is 7.13. The molecule has 0 N–H and O–H groups in total. The Morgan fingerprint density at radius 1 is 0.939 bits per heavy atom. The number of hydrogen-bond donors (Lipinski definition) is 0. The van der Waals surface area contributed by atoms with E-state index in [1.165, 1.54) is 12.1 Å². The lowest BCUT2D eigenvalue weighted by atomic mass is 9.99. The molecular formula is C27H19FN2O2S. The third kappa shape index (κ3) is 5.65. The second-order valence-electron chi connectivity index (χ2n) is 7.16. The molecule has 6 heteroatoms. The van der Waals surface area contributed by atoms with Crippen molar-refractivity contribution in [2.75, 3.05) is 5.75 Å². The average Bonchev–Trinajstić information content (AvgIpc) is 2.86. The highest BCUT2D eigenvalue weighted by atomic mass is 32.2. The van der Waals surface area contributed by atoms with Crippen LogP contribution in [0, 0.1) is 17.1 Å². The Balaban J connectivity index is 1.64. The molecule has 4 aromatic rings. The van der Waals surface area contributed by atoms with Crippen molar-refractivity contribution in [2.24, 2.45) is 0 Å². The smallest absolute Gasteiger partial charge is 0.316 e. The summed E-state index contributed by atoms with van der Waals surface area (Å²) in [5.74, 6) is -0.810. The summed E-state index contributed by atoms with van der Waals surface area (Å²) in [6.45, 7) is 0.178. The second kappa shape index (κ2) is 10.6. The fourth-order valence-electron chi connectivity index (χ4n) is 3.28. The number of nitrogens with zero attached hydrogens (tertiary/aromatic N) is 2. The minimum absolute atomic E-state index is 0.00462. The van der Waals surface area contributed by atoms with Crippen molar-refractivity contribution in [1.29, 1.82) is 5.26 Å². The van der Waals surface area contributed by atoms with Crippen molar-refractivity contribution in [3.05, 3.63) is 108 Å². The number of hydrogen-bond acceptors (Lipinski definition) is 5. The number of halogens is 1. The van der Waals surface area contributed by atoms with E-state index in [0.717, 1.165) is 22.9 Å². The fourth-order valence-corrected chi connectivity index (χ4v) is 4.08. The molecule has 1 aromatic heterocycles. The molecule has 0 bridgehead atoms. The van der Waals surface area contributed by atoms with E-state index in [-0.39, 0.29) is 12.4 Å². The molecule has 0 radical (unpaired) electrons. The van der Waals surface area contributed by atoms with Crippen LogP contribution in [0.2, 0.25) is 0 Å². The van der Waals surface area contributed by atoms with Gasteiger partial charge in [-0.1, -0.05) is 84.6 Å². The maximum absolute atomic E-state index is 13.9. The van der Waals surface area contributed by atoms with E-state index >= 15 is 0 Å². The molecule has 4 nitrogen and oxygen atoms in total. The van der Waals surface area contributed by atoms with Crippen molar-refractivity contribution in [3.63, 3.8) is 0 Å². The minimum atomic E-state index is -0.410. The number of thioether (sulfide) groups is 1. The molecule has 4 rings (SSSR count). The number of carbonyl (C=O) groups is 1. The van der Waals surface area contributed by atoms with Crippen molar-refractivity contribution in [3.8, 4) is 28.5 Å². The van der Waals surface area contributed by atoms with Crippen LogP contribution in [0.5, 0.6) is 0 Å². The Morgan fingerprint density at radius 3 is 2.33 bits per heavy atom. The first kappa shape index (κ1) is 22.3. The van der Waals surface area contributed by atoms with Gasteiger partial charge in [-0.3, -0.25) is 4.79 Å². The summed E-state index contributed by atoms with van der Waals surface area (Å²) in [7, 11) is 0. The molecule has 0 unspecified atom stereocenters. The lowest BCUT2D eigenvalue weighted by Crippen LogP contribution is -2.08. The summed E-state index contributed by atoms with van der Waals surface area (Å²) in [6.07, 6.45) is 0. The van der Waals surface area contributed by atoms with Gasteiger partial charge >= 0.3 is 5.97 Å². The van der Waals surface area contributed by atoms with Crippen molar-refractivity contribution >= 4 is 17.7 Å². The Bertz CT molecular complexity index is 1310. The zero-order chi connectivity index (χ0) is 23.0. The fraction of sp³-hybridized carbons (Fsp3) is 0.0741. The molecule has 1 heterocycles. The van der Waals surface area contributed by atoms with Crippen LogP contribution in [-0.2, 0) is 16.1 Å². The number of aromatic nitrogens is 1. The summed E-state index contributed by atoms with van der Waals surface area (Å²) in [5.41, 5.74) is 3.81. The molecule has 0 aliphatic rings. The van der Waals surface area contributed by atoms with E-state index in [0.29, 0.717) is 27.4 Å². The summed E-state index contributed by atoms with van der Waals surface area (Å²) in [6, 6.07) is 29.0. The Hall–Kier alpha value is -3.95. The highest BCUT2D eigenvalue weighted by Crippen LogP contribution is 2.34. The van der Waals surface area contributed by atoms with Crippen LogP contribution in [0.4, 0.5) is 4.39 Å². The number of ether oxygens (including phenoxy) is 1. The zero-order valence-electron chi connectivity index (χ0n) is 17.6. The summed E-state index contributed by atoms with van der Waals surface area (Å²) in [5, 5.41) is 10.3. The molecular weight excluding hydrogens is 435 g/mol. The highest BCUT2D eigenvalue weighted by molar-refractivity contribution is 7.99. The van der Waals surface area contributed by atoms with Crippen LogP contribution >= 0.6 is 11.8 Å². The average molecular weight is 455 g/mol. The maximum Gasteiger partial charge on any atom is 0.316 e. The molecule has 33 heavy (non-hydrogen) atoms. The third-order valence-corrected chi connectivity index (χ3v) is 5.82. The molecule has 0 fully saturated rings. The first-order chi connectivity index (χ1) is 16.1. The van der Waals surface area contributed by atoms with Crippen molar-refractivity contribution in [2.45, 2.75) is 11.6 Å². The van der Waals surface area contributed by atoms with Crippen LogP contribution in [-0.4, -0.2) is 16.7 Å². The first-order valence-corrected chi connectivity index (χ1v) is 11.2. The molecule has 0 amide bonds. The SMILES string of the molecule is N#Cc1c(-c2cccc(F)c2)cc(-c2ccccc2)nc1SCC(=O)OCc1ccccc1. The van der Waals surface area contributed by atoms with E-state index in [2.05, 4.69) is 11.1 Å². The molecule has 0 aliphatic carbocycles. The summed E-state index contributed by atoms with van der Waals surface area (Å²) >= 11 is 1.13. The maximum atomic E-state index is 13.9. The largest absolute Gasteiger partial charge is 0.460 e. The number of nitriles is 1. The Morgan fingerprint density at radius 2 is 1.64 bits per heavy atom. The van der Waals surface area contributed by atoms with Crippen molar-refractivity contribution < 1.29 is 13.9 Å². The number of pyridine rings is 1. The normalized spacial score (nSPS) is 10.4. The predicted molar refractivity (Wildman–Crippen MR) is 127 cm³/mol. The van der Waals surface area contributed by atoms with Gasteiger partial charge in [0.15, 0.2) is 0 Å². The number of benzene rings is 3. The molecule has 0 saturated carbocycles. The van der Waals surface area contributed by atoms with E-state index in [1.54, 1.807) is 18.2 Å². The second-order valence-corrected chi connectivity index (χ2v) is 8.12. The summed E-state index contributed by atoms with van der Waals surface area (Å²) < 4.78 is 19.3. The van der Waals surface area contributed by atoms with Gasteiger partial charge in [-0.05, 0) is 29.3 Å². The standard InChI is InChI=1S/C27H19FN2O2S/c28-22-13-7-12-21(14-22)23-15-25(20-10-5-2-6-11-20)30-27(24(23)16-29)33-18-26(31)32-17-19-8-3-1-4-9-19/h1-15H,17-18H2.